The Hall–Kier alpha value is -4.57. The van der Waals surface area contributed by atoms with E-state index in [1.807, 2.05) is 11.0 Å². The van der Waals surface area contributed by atoms with E-state index in [1.165, 1.54) is 6.07 Å². The Morgan fingerprint density at radius 3 is 2.23 bits per heavy atom. The highest BCUT2D eigenvalue weighted by molar-refractivity contribution is 5.94. The first-order chi connectivity index (χ1) is 20.5. The van der Waals surface area contributed by atoms with Crippen LogP contribution in [0.5, 0.6) is 5.75 Å². The van der Waals surface area contributed by atoms with Gasteiger partial charge in [0.05, 0.1) is 17.2 Å². The molecule has 1 atom stereocenters. The zero-order valence-electron chi connectivity index (χ0n) is 23.1. The Kier molecular flexibility index (Phi) is 8.07. The maximum absolute atomic E-state index is 13.5. The molecule has 10 nitrogen and oxygen atoms in total. The number of nitrogens with zero attached hydrogens (tertiary/aromatic N) is 3. The van der Waals surface area contributed by atoms with Crippen LogP contribution in [0.3, 0.4) is 0 Å². The van der Waals surface area contributed by atoms with E-state index in [4.69, 9.17) is 24.2 Å². The number of alkyl halides is 3. The molecule has 2 aromatic carbocycles. The van der Waals surface area contributed by atoms with Gasteiger partial charge in [-0.1, -0.05) is 12.1 Å². The van der Waals surface area contributed by atoms with Crippen molar-refractivity contribution < 1.29 is 46.5 Å². The molecule has 2 saturated heterocycles. The molecule has 1 amide bonds. The number of carbonyl (C=O) groups excluding carboxylic acids is 3. The number of halogens is 3. The summed E-state index contributed by atoms with van der Waals surface area (Å²) in [5.41, 5.74) is -1.50. The second kappa shape index (κ2) is 11.6. The van der Waals surface area contributed by atoms with Crippen LogP contribution < -0.4 is 4.74 Å². The number of hydrogen-bond donors (Lipinski definition) is 0. The summed E-state index contributed by atoms with van der Waals surface area (Å²) in [6.45, 7) is 2.75. The number of hydrogen-bond acceptors (Lipinski definition) is 9. The third-order valence-corrected chi connectivity index (χ3v) is 7.80. The highest BCUT2D eigenvalue weighted by atomic mass is 19.4. The summed E-state index contributed by atoms with van der Waals surface area (Å²) in [5.74, 6) is -3.38. The van der Waals surface area contributed by atoms with Crippen molar-refractivity contribution in [3.63, 3.8) is 0 Å². The first-order valence-electron chi connectivity index (χ1n) is 13.7. The molecule has 3 aliphatic heterocycles. The second-order valence-electron chi connectivity index (χ2n) is 10.4. The summed E-state index contributed by atoms with van der Waals surface area (Å²) < 4.78 is 63.5. The van der Waals surface area contributed by atoms with Gasteiger partial charge in [-0.3, -0.25) is 0 Å². The van der Waals surface area contributed by atoms with Crippen molar-refractivity contribution in [2.75, 3.05) is 26.2 Å². The molecule has 5 rings (SSSR count). The minimum absolute atomic E-state index is 0.0518. The number of likely N-dealkylation sites (tertiary alicyclic amines) is 1. The Bertz CT molecular complexity index is 1440. The monoisotopic (exact) mass is 599 g/mol. The first-order valence-corrected chi connectivity index (χ1v) is 13.7. The van der Waals surface area contributed by atoms with E-state index in [2.05, 4.69) is 0 Å². The summed E-state index contributed by atoms with van der Waals surface area (Å²) in [7, 11) is 0. The van der Waals surface area contributed by atoms with Gasteiger partial charge in [0.2, 0.25) is 5.60 Å². The molecule has 226 valence electrons. The standard InChI is InChI=1S/C30H28F3N3O7/c1-2-36-27(39)43-28(30(36)41-25(37)10-11-26(38)42-30)13-16-35(17-14-28)15-12-24(40-23-8-6-20(19-34)7-9-23)21-4-3-5-22(18-21)29(31,32)33/h3-11,18,24H,2,12-17H2,1H3/t24-/m0/s1. The van der Waals surface area contributed by atoms with Crippen molar-refractivity contribution in [1.29, 1.82) is 5.26 Å². The number of likely N-dealkylation sites (N-methyl/N-ethyl adjacent to an activating group) is 1. The predicted molar refractivity (Wildman–Crippen MR) is 142 cm³/mol. The molecule has 0 unspecified atom stereocenters. The summed E-state index contributed by atoms with van der Waals surface area (Å²) in [4.78, 5) is 40.7. The lowest BCUT2D eigenvalue weighted by molar-refractivity contribution is -0.312. The molecule has 0 aliphatic carbocycles. The zero-order chi connectivity index (χ0) is 30.8. The quantitative estimate of drug-likeness (QED) is 0.417. The first kappa shape index (κ1) is 29.9. The van der Waals surface area contributed by atoms with Crippen LogP contribution in [0, 0.1) is 11.3 Å². The van der Waals surface area contributed by atoms with Gasteiger partial charge >= 0.3 is 30.1 Å². The molecule has 2 spiro atoms. The van der Waals surface area contributed by atoms with Gasteiger partial charge in [0, 0.05) is 57.6 Å². The molecular formula is C30H28F3N3O7. The van der Waals surface area contributed by atoms with E-state index in [0.717, 1.165) is 29.2 Å². The van der Waals surface area contributed by atoms with Crippen molar-refractivity contribution in [3.05, 3.63) is 77.4 Å². The van der Waals surface area contributed by atoms with Crippen LogP contribution in [-0.4, -0.2) is 65.5 Å². The third kappa shape index (κ3) is 5.87. The summed E-state index contributed by atoms with van der Waals surface area (Å²) >= 11 is 0. The minimum Gasteiger partial charge on any atom is -0.486 e. The average molecular weight is 600 g/mol. The molecule has 0 saturated carbocycles. The molecule has 0 radical (unpaired) electrons. The van der Waals surface area contributed by atoms with E-state index in [-0.39, 0.29) is 19.4 Å². The van der Waals surface area contributed by atoms with Crippen molar-refractivity contribution in [2.45, 2.75) is 50.0 Å². The van der Waals surface area contributed by atoms with Crippen LogP contribution in [0.1, 0.15) is 49.0 Å². The number of esters is 2. The third-order valence-electron chi connectivity index (χ3n) is 7.80. The topological polar surface area (TPSA) is 118 Å². The molecule has 0 N–H and O–H groups in total. The van der Waals surface area contributed by atoms with E-state index in [1.54, 1.807) is 37.3 Å². The highest BCUT2D eigenvalue weighted by Crippen LogP contribution is 2.48. The van der Waals surface area contributed by atoms with Crippen molar-refractivity contribution >= 4 is 18.0 Å². The van der Waals surface area contributed by atoms with Gasteiger partial charge in [0.1, 0.15) is 11.9 Å². The van der Waals surface area contributed by atoms with Crippen molar-refractivity contribution in [3.8, 4) is 11.8 Å². The van der Waals surface area contributed by atoms with Crippen LogP contribution in [0.15, 0.2) is 60.7 Å². The summed E-state index contributed by atoms with van der Waals surface area (Å²) in [6, 6.07) is 13.2. The lowest BCUT2D eigenvalue weighted by Gasteiger charge is -2.46. The Labute approximate surface area is 245 Å². The molecule has 43 heavy (non-hydrogen) atoms. The van der Waals surface area contributed by atoms with Crippen LogP contribution in [0.25, 0.3) is 0 Å². The fourth-order valence-corrected chi connectivity index (χ4v) is 5.62. The number of amides is 1. The number of benzene rings is 2. The largest absolute Gasteiger partial charge is 0.486 e. The predicted octanol–water partition coefficient (Wildman–Crippen LogP) is 4.70. The lowest BCUT2D eigenvalue weighted by atomic mass is 9.86. The van der Waals surface area contributed by atoms with Gasteiger partial charge in [-0.15, -0.1) is 0 Å². The normalized spacial score (nSPS) is 20.3. The molecule has 3 aliphatic rings. The number of carbonyl (C=O) groups is 3. The highest BCUT2D eigenvalue weighted by Gasteiger charge is 2.72. The number of ether oxygens (including phenoxy) is 4. The summed E-state index contributed by atoms with van der Waals surface area (Å²) in [5, 5.41) is 9.08. The Balaban J connectivity index is 1.33. The molecule has 0 bridgehead atoms. The van der Waals surface area contributed by atoms with Gasteiger partial charge in [0.15, 0.2) is 0 Å². The summed E-state index contributed by atoms with van der Waals surface area (Å²) in [6.07, 6.45) is -3.60. The minimum atomic E-state index is -4.53. The Morgan fingerprint density at radius 1 is 1.00 bits per heavy atom. The number of piperidine rings is 1. The van der Waals surface area contributed by atoms with E-state index in [9.17, 15) is 27.6 Å². The zero-order valence-corrected chi connectivity index (χ0v) is 23.1. The smallest absolute Gasteiger partial charge is 0.416 e. The molecular weight excluding hydrogens is 571 g/mol. The number of rotatable bonds is 7. The lowest BCUT2D eigenvalue weighted by Crippen LogP contribution is -2.65. The fraction of sp³-hybridized carbons (Fsp3) is 0.400. The fourth-order valence-electron chi connectivity index (χ4n) is 5.62. The Morgan fingerprint density at radius 2 is 1.65 bits per heavy atom. The van der Waals surface area contributed by atoms with Gasteiger partial charge in [0.25, 0.3) is 0 Å². The van der Waals surface area contributed by atoms with Crippen LogP contribution in [0.2, 0.25) is 0 Å². The molecule has 3 heterocycles. The van der Waals surface area contributed by atoms with Gasteiger partial charge in [-0.05, 0) is 48.9 Å². The SMILES string of the molecule is CCN1C(=O)OC2(CCN(CC[C@H](Oc3ccc(C#N)cc3)c3cccc(C(F)(F)F)c3)CC2)C12OC(=O)C=CC(=O)O2. The molecule has 0 aromatic heterocycles. The van der Waals surface area contributed by atoms with Gasteiger partial charge < -0.3 is 23.8 Å². The van der Waals surface area contributed by atoms with Crippen LogP contribution >= 0.6 is 0 Å². The number of nitriles is 1. The molecule has 2 aromatic rings. The molecule has 13 heteroatoms. The van der Waals surface area contributed by atoms with Crippen molar-refractivity contribution in [2.24, 2.45) is 0 Å². The molecule has 2 fully saturated rings. The van der Waals surface area contributed by atoms with Crippen LogP contribution in [0.4, 0.5) is 18.0 Å². The number of fused-ring (bicyclic) bond motifs is 1. The van der Waals surface area contributed by atoms with Crippen LogP contribution in [-0.2, 0) is 30.0 Å². The van der Waals surface area contributed by atoms with Gasteiger partial charge in [-0.2, -0.15) is 18.4 Å². The second-order valence-corrected chi connectivity index (χ2v) is 10.4. The van der Waals surface area contributed by atoms with E-state index >= 15 is 0 Å². The average Bonchev–Trinajstić information content (AvgIpc) is 3.07. The van der Waals surface area contributed by atoms with E-state index < -0.39 is 47.4 Å². The van der Waals surface area contributed by atoms with Crippen molar-refractivity contribution in [1.82, 2.24) is 9.80 Å². The van der Waals surface area contributed by atoms with Gasteiger partial charge in [-0.25, -0.2) is 19.3 Å². The van der Waals surface area contributed by atoms with E-state index in [0.29, 0.717) is 42.9 Å². The maximum Gasteiger partial charge on any atom is 0.416 e. The maximum atomic E-state index is 13.5.